The van der Waals surface area contributed by atoms with E-state index < -0.39 is 0 Å². The van der Waals surface area contributed by atoms with Gasteiger partial charge in [-0.15, -0.1) is 0 Å². The number of nitrogens with zero attached hydrogens (tertiary/aromatic N) is 6. The van der Waals surface area contributed by atoms with E-state index in [0.29, 0.717) is 24.4 Å². The van der Waals surface area contributed by atoms with E-state index in [0.717, 1.165) is 19.4 Å². The Hall–Kier alpha value is -2.29. The third-order valence-electron chi connectivity index (χ3n) is 2.98. The van der Waals surface area contributed by atoms with Crippen LogP contribution in [0.3, 0.4) is 0 Å². The minimum Gasteiger partial charge on any atom is -0.376 e. The molecular formula is C11H16N8O. The Labute approximate surface area is 115 Å². The molecule has 0 aliphatic carbocycles. The summed E-state index contributed by atoms with van der Waals surface area (Å²) in [5, 5.41) is 10.1. The number of hydrogen-bond acceptors (Lipinski definition) is 8. The maximum absolute atomic E-state index is 5.56. The van der Waals surface area contributed by atoms with E-state index in [9.17, 15) is 0 Å². The van der Waals surface area contributed by atoms with Crippen molar-refractivity contribution in [2.75, 3.05) is 30.8 Å². The second-order valence-electron chi connectivity index (χ2n) is 4.39. The lowest BCUT2D eigenvalue weighted by atomic mass is 10.2. The summed E-state index contributed by atoms with van der Waals surface area (Å²) in [5.74, 6) is 1.38. The first-order valence-electron chi connectivity index (χ1n) is 6.49. The van der Waals surface area contributed by atoms with E-state index >= 15 is 0 Å². The number of nitrogens with one attached hydrogen (secondary N) is 2. The van der Waals surface area contributed by atoms with Crippen LogP contribution in [0.2, 0.25) is 0 Å². The topological polar surface area (TPSA) is 103 Å². The molecule has 1 atom stereocenters. The van der Waals surface area contributed by atoms with Gasteiger partial charge in [-0.3, -0.25) is 0 Å². The highest BCUT2D eigenvalue weighted by atomic mass is 16.5. The Morgan fingerprint density at radius 2 is 2.25 bits per heavy atom. The minimum absolute atomic E-state index is 0.222. The first-order chi connectivity index (χ1) is 9.85. The van der Waals surface area contributed by atoms with Gasteiger partial charge in [0.1, 0.15) is 12.7 Å². The Morgan fingerprint density at radius 3 is 2.95 bits per heavy atom. The molecule has 20 heavy (non-hydrogen) atoms. The zero-order valence-corrected chi connectivity index (χ0v) is 11.2. The van der Waals surface area contributed by atoms with Gasteiger partial charge in [-0.05, 0) is 12.8 Å². The van der Waals surface area contributed by atoms with Crippen molar-refractivity contribution in [2.24, 2.45) is 0 Å². The van der Waals surface area contributed by atoms with E-state index in [2.05, 4.69) is 35.7 Å². The molecule has 2 aromatic rings. The summed E-state index contributed by atoms with van der Waals surface area (Å²) < 4.78 is 7.04. The van der Waals surface area contributed by atoms with Gasteiger partial charge in [-0.2, -0.15) is 24.7 Å². The molecule has 2 aromatic heterocycles. The summed E-state index contributed by atoms with van der Waals surface area (Å²) in [5.41, 5.74) is 0. The minimum atomic E-state index is 0.222. The standard InChI is InChI=1S/C11H16N8O/c1-12-9-16-10(14-5-8-3-2-4-20-8)18-11(17-9)19-7-13-6-15-19/h6-8H,2-5H2,1H3,(H2,12,14,16,17,18). The highest BCUT2D eigenvalue weighted by Gasteiger charge is 2.16. The van der Waals surface area contributed by atoms with Gasteiger partial charge in [0.2, 0.25) is 11.9 Å². The van der Waals surface area contributed by atoms with E-state index in [4.69, 9.17) is 4.74 Å². The number of rotatable bonds is 5. The van der Waals surface area contributed by atoms with Crippen LogP contribution in [0.15, 0.2) is 12.7 Å². The Balaban J connectivity index is 1.77. The van der Waals surface area contributed by atoms with Crippen LogP contribution in [0.25, 0.3) is 5.95 Å². The Kier molecular flexibility index (Phi) is 3.68. The van der Waals surface area contributed by atoms with Crippen molar-refractivity contribution in [3.05, 3.63) is 12.7 Å². The molecule has 1 fully saturated rings. The smallest absolute Gasteiger partial charge is 0.258 e. The third kappa shape index (κ3) is 2.82. The van der Waals surface area contributed by atoms with Crippen molar-refractivity contribution in [1.29, 1.82) is 0 Å². The van der Waals surface area contributed by atoms with Crippen molar-refractivity contribution >= 4 is 11.9 Å². The molecule has 9 heteroatoms. The summed E-state index contributed by atoms with van der Waals surface area (Å²) in [6.07, 6.45) is 5.36. The lowest BCUT2D eigenvalue weighted by Crippen LogP contribution is -2.20. The molecule has 1 saturated heterocycles. The lowest BCUT2D eigenvalue weighted by molar-refractivity contribution is 0.120. The van der Waals surface area contributed by atoms with Crippen LogP contribution in [-0.4, -0.2) is 56.0 Å². The number of hydrogen-bond donors (Lipinski definition) is 2. The Morgan fingerprint density at radius 1 is 1.35 bits per heavy atom. The fourth-order valence-corrected chi connectivity index (χ4v) is 1.98. The second-order valence-corrected chi connectivity index (χ2v) is 4.39. The van der Waals surface area contributed by atoms with Crippen LogP contribution >= 0.6 is 0 Å². The quantitative estimate of drug-likeness (QED) is 0.791. The molecule has 9 nitrogen and oxygen atoms in total. The number of anilines is 2. The maximum Gasteiger partial charge on any atom is 0.258 e. The average Bonchev–Trinajstić information content (AvgIpc) is 3.17. The van der Waals surface area contributed by atoms with E-state index in [1.165, 1.54) is 11.0 Å². The highest BCUT2D eigenvalue weighted by molar-refractivity contribution is 5.37. The molecule has 3 rings (SSSR count). The van der Waals surface area contributed by atoms with Gasteiger partial charge in [0.05, 0.1) is 6.10 Å². The molecule has 2 N–H and O–H groups in total. The fourth-order valence-electron chi connectivity index (χ4n) is 1.98. The molecule has 106 valence electrons. The van der Waals surface area contributed by atoms with Crippen LogP contribution in [0.4, 0.5) is 11.9 Å². The van der Waals surface area contributed by atoms with Gasteiger partial charge >= 0.3 is 0 Å². The van der Waals surface area contributed by atoms with Crippen LogP contribution in [-0.2, 0) is 4.74 Å². The van der Waals surface area contributed by atoms with Gasteiger partial charge in [0.25, 0.3) is 5.95 Å². The summed E-state index contributed by atoms with van der Waals surface area (Å²) in [6, 6.07) is 0. The lowest BCUT2D eigenvalue weighted by Gasteiger charge is -2.11. The molecule has 0 aromatic carbocycles. The summed E-state index contributed by atoms with van der Waals surface area (Å²) in [4.78, 5) is 16.7. The first-order valence-corrected chi connectivity index (χ1v) is 6.49. The molecule has 1 aliphatic heterocycles. The number of ether oxygens (including phenoxy) is 1. The molecule has 0 amide bonds. The largest absolute Gasteiger partial charge is 0.376 e. The summed E-state index contributed by atoms with van der Waals surface area (Å²) >= 11 is 0. The average molecular weight is 276 g/mol. The molecule has 0 bridgehead atoms. The van der Waals surface area contributed by atoms with Crippen LogP contribution in [0.1, 0.15) is 12.8 Å². The monoisotopic (exact) mass is 276 g/mol. The molecule has 3 heterocycles. The van der Waals surface area contributed by atoms with E-state index in [1.54, 1.807) is 13.4 Å². The Bertz CT molecular complexity index is 552. The van der Waals surface area contributed by atoms with Gasteiger partial charge in [0, 0.05) is 20.2 Å². The molecular weight excluding hydrogens is 260 g/mol. The van der Waals surface area contributed by atoms with E-state index in [1.807, 2.05) is 0 Å². The molecule has 0 saturated carbocycles. The molecule has 1 aliphatic rings. The summed E-state index contributed by atoms with van der Waals surface area (Å²) in [7, 11) is 1.75. The van der Waals surface area contributed by atoms with Gasteiger partial charge < -0.3 is 15.4 Å². The maximum atomic E-state index is 5.56. The van der Waals surface area contributed by atoms with Crippen molar-refractivity contribution < 1.29 is 4.74 Å². The van der Waals surface area contributed by atoms with Crippen molar-refractivity contribution in [3.8, 4) is 5.95 Å². The van der Waals surface area contributed by atoms with Gasteiger partial charge in [0.15, 0.2) is 0 Å². The van der Waals surface area contributed by atoms with Crippen molar-refractivity contribution in [2.45, 2.75) is 18.9 Å². The van der Waals surface area contributed by atoms with E-state index in [-0.39, 0.29) is 6.10 Å². The molecule has 1 unspecified atom stereocenters. The first kappa shape index (κ1) is 12.7. The zero-order chi connectivity index (χ0) is 13.8. The van der Waals surface area contributed by atoms with Crippen molar-refractivity contribution in [3.63, 3.8) is 0 Å². The molecule has 0 radical (unpaired) electrons. The predicted molar refractivity (Wildman–Crippen MR) is 71.8 cm³/mol. The van der Waals surface area contributed by atoms with Gasteiger partial charge in [-0.1, -0.05) is 0 Å². The van der Waals surface area contributed by atoms with Gasteiger partial charge in [-0.25, -0.2) is 4.98 Å². The summed E-state index contributed by atoms with van der Waals surface area (Å²) in [6.45, 7) is 1.51. The SMILES string of the molecule is CNc1nc(NCC2CCCO2)nc(-n2cncn2)n1. The predicted octanol–water partition coefficient (Wildman–Crippen LogP) is 0.0849. The second kappa shape index (κ2) is 5.78. The van der Waals surface area contributed by atoms with Crippen molar-refractivity contribution in [1.82, 2.24) is 29.7 Å². The van der Waals surface area contributed by atoms with Crippen LogP contribution < -0.4 is 10.6 Å². The van der Waals surface area contributed by atoms with Crippen LogP contribution in [0, 0.1) is 0 Å². The third-order valence-corrected chi connectivity index (χ3v) is 2.98. The normalized spacial score (nSPS) is 18.1. The fraction of sp³-hybridized carbons (Fsp3) is 0.545. The zero-order valence-electron chi connectivity index (χ0n) is 11.2. The van der Waals surface area contributed by atoms with Crippen LogP contribution in [0.5, 0.6) is 0 Å². The highest BCUT2D eigenvalue weighted by Crippen LogP contribution is 2.13. The number of aromatic nitrogens is 6. The molecule has 0 spiro atoms.